The van der Waals surface area contributed by atoms with Crippen LogP contribution in [0.4, 0.5) is 4.39 Å². The zero-order valence-electron chi connectivity index (χ0n) is 9.77. The van der Waals surface area contributed by atoms with E-state index in [1.807, 2.05) is 20.9 Å². The van der Waals surface area contributed by atoms with Crippen molar-refractivity contribution in [2.24, 2.45) is 0 Å². The molecule has 3 heteroatoms. The fourth-order valence-electron chi connectivity index (χ4n) is 1.36. The Hall–Kier alpha value is -0.410. The standard InChI is InChI=1S/C10H13BrFN.C2H6/c1-3-10(13-2)8-6-7(12)4-5-9(8)11;1-2/h4-6,10,13H,3H2,1-2H3;1-2H3. The van der Waals surface area contributed by atoms with Gasteiger partial charge in [-0.05, 0) is 37.2 Å². The van der Waals surface area contributed by atoms with Crippen LogP contribution in [-0.2, 0) is 0 Å². The van der Waals surface area contributed by atoms with Gasteiger partial charge in [-0.1, -0.05) is 36.7 Å². The van der Waals surface area contributed by atoms with E-state index in [4.69, 9.17) is 0 Å². The molecule has 1 nitrogen and oxygen atoms in total. The van der Waals surface area contributed by atoms with Crippen molar-refractivity contribution in [1.82, 2.24) is 5.32 Å². The van der Waals surface area contributed by atoms with Crippen molar-refractivity contribution in [2.75, 3.05) is 7.05 Å². The summed E-state index contributed by atoms with van der Waals surface area (Å²) in [6.07, 6.45) is 0.943. The van der Waals surface area contributed by atoms with Crippen LogP contribution >= 0.6 is 15.9 Å². The summed E-state index contributed by atoms with van der Waals surface area (Å²) in [5.41, 5.74) is 0.977. The number of hydrogen-bond donors (Lipinski definition) is 1. The van der Waals surface area contributed by atoms with E-state index in [1.54, 1.807) is 12.1 Å². The monoisotopic (exact) mass is 275 g/mol. The van der Waals surface area contributed by atoms with Crippen LogP contribution in [0.2, 0.25) is 0 Å². The normalized spacial score (nSPS) is 11.6. The molecular formula is C12H19BrFN. The van der Waals surface area contributed by atoms with E-state index in [0.717, 1.165) is 16.5 Å². The van der Waals surface area contributed by atoms with Crippen molar-refractivity contribution >= 4 is 15.9 Å². The molecule has 86 valence electrons. The molecule has 1 unspecified atom stereocenters. The van der Waals surface area contributed by atoms with Crippen LogP contribution in [0.3, 0.4) is 0 Å². The maximum Gasteiger partial charge on any atom is 0.123 e. The molecule has 1 aromatic rings. The number of hydrogen-bond acceptors (Lipinski definition) is 1. The molecule has 0 fully saturated rings. The molecule has 0 aliphatic heterocycles. The molecule has 0 saturated carbocycles. The van der Waals surface area contributed by atoms with Crippen LogP contribution < -0.4 is 5.32 Å². The van der Waals surface area contributed by atoms with Crippen LogP contribution in [-0.4, -0.2) is 7.05 Å². The molecule has 1 N–H and O–H groups in total. The predicted octanol–water partition coefficient (Wildman–Crippen LogP) is 4.28. The molecule has 0 aliphatic carbocycles. The highest BCUT2D eigenvalue weighted by Crippen LogP contribution is 2.25. The molecule has 1 atom stereocenters. The molecule has 0 radical (unpaired) electrons. The molecule has 1 rings (SSSR count). The lowest BCUT2D eigenvalue weighted by atomic mass is 10.1. The van der Waals surface area contributed by atoms with Gasteiger partial charge in [0.1, 0.15) is 5.82 Å². The maximum absolute atomic E-state index is 12.9. The molecule has 0 heterocycles. The number of benzene rings is 1. The molecular weight excluding hydrogens is 257 g/mol. The van der Waals surface area contributed by atoms with Gasteiger partial charge in [0.2, 0.25) is 0 Å². The van der Waals surface area contributed by atoms with Gasteiger partial charge < -0.3 is 5.32 Å². The van der Waals surface area contributed by atoms with Gasteiger partial charge in [-0.2, -0.15) is 0 Å². The zero-order valence-corrected chi connectivity index (χ0v) is 11.4. The van der Waals surface area contributed by atoms with Crippen LogP contribution in [0, 0.1) is 5.82 Å². The molecule has 1 aromatic carbocycles. The van der Waals surface area contributed by atoms with Crippen molar-refractivity contribution < 1.29 is 4.39 Å². The Labute approximate surface area is 100 Å². The van der Waals surface area contributed by atoms with E-state index in [9.17, 15) is 4.39 Å². The minimum absolute atomic E-state index is 0.188. The third kappa shape index (κ3) is 4.31. The Morgan fingerprint density at radius 3 is 2.47 bits per heavy atom. The minimum atomic E-state index is -0.188. The summed E-state index contributed by atoms with van der Waals surface area (Å²) in [4.78, 5) is 0. The number of nitrogens with one attached hydrogen (secondary N) is 1. The minimum Gasteiger partial charge on any atom is -0.313 e. The highest BCUT2D eigenvalue weighted by atomic mass is 79.9. The van der Waals surface area contributed by atoms with Gasteiger partial charge in [0, 0.05) is 10.5 Å². The molecule has 0 aliphatic rings. The average molecular weight is 276 g/mol. The van der Waals surface area contributed by atoms with E-state index in [1.165, 1.54) is 6.07 Å². The Bertz CT molecular complexity index is 285. The second-order valence-electron chi connectivity index (χ2n) is 2.92. The van der Waals surface area contributed by atoms with Crippen molar-refractivity contribution in [1.29, 1.82) is 0 Å². The average Bonchev–Trinajstić information content (AvgIpc) is 2.28. The zero-order chi connectivity index (χ0) is 11.8. The first kappa shape index (κ1) is 14.6. The quantitative estimate of drug-likeness (QED) is 0.868. The lowest BCUT2D eigenvalue weighted by Crippen LogP contribution is -2.15. The molecule has 0 spiro atoms. The largest absolute Gasteiger partial charge is 0.313 e. The van der Waals surface area contributed by atoms with Crippen molar-refractivity contribution in [3.8, 4) is 0 Å². The summed E-state index contributed by atoms with van der Waals surface area (Å²) >= 11 is 3.41. The third-order valence-corrected chi connectivity index (χ3v) is 2.81. The predicted molar refractivity (Wildman–Crippen MR) is 67.5 cm³/mol. The number of halogens is 2. The van der Waals surface area contributed by atoms with Gasteiger partial charge in [0.05, 0.1) is 0 Å². The summed E-state index contributed by atoms with van der Waals surface area (Å²) in [5, 5.41) is 3.14. The van der Waals surface area contributed by atoms with Crippen molar-refractivity contribution in [3.63, 3.8) is 0 Å². The summed E-state index contributed by atoms with van der Waals surface area (Å²) in [6, 6.07) is 4.97. The van der Waals surface area contributed by atoms with Gasteiger partial charge in [0.25, 0.3) is 0 Å². The summed E-state index contributed by atoms with van der Waals surface area (Å²) in [6.45, 7) is 6.07. The topological polar surface area (TPSA) is 12.0 Å². The first-order valence-electron chi connectivity index (χ1n) is 5.31. The molecule has 0 saturated heterocycles. The lowest BCUT2D eigenvalue weighted by Gasteiger charge is -2.15. The summed E-state index contributed by atoms with van der Waals surface area (Å²) < 4.78 is 13.9. The Kier molecular flexibility index (Phi) is 7.61. The Morgan fingerprint density at radius 2 is 2.00 bits per heavy atom. The van der Waals surface area contributed by atoms with E-state index in [0.29, 0.717) is 0 Å². The van der Waals surface area contributed by atoms with E-state index in [-0.39, 0.29) is 11.9 Å². The molecule has 15 heavy (non-hydrogen) atoms. The van der Waals surface area contributed by atoms with Crippen LogP contribution in [0.15, 0.2) is 22.7 Å². The highest BCUT2D eigenvalue weighted by Gasteiger charge is 2.10. The second kappa shape index (κ2) is 7.83. The fourth-order valence-corrected chi connectivity index (χ4v) is 1.88. The first-order chi connectivity index (χ1) is 7.19. The SMILES string of the molecule is CC.CCC(NC)c1cc(F)ccc1Br. The van der Waals surface area contributed by atoms with Crippen LogP contribution in [0.1, 0.15) is 38.8 Å². The van der Waals surface area contributed by atoms with Crippen LogP contribution in [0.25, 0.3) is 0 Å². The van der Waals surface area contributed by atoms with Crippen LogP contribution in [0.5, 0.6) is 0 Å². The van der Waals surface area contributed by atoms with E-state index >= 15 is 0 Å². The summed E-state index contributed by atoms with van der Waals surface area (Å²) in [7, 11) is 1.88. The van der Waals surface area contributed by atoms with Gasteiger partial charge >= 0.3 is 0 Å². The molecule has 0 bridgehead atoms. The first-order valence-corrected chi connectivity index (χ1v) is 6.10. The second-order valence-corrected chi connectivity index (χ2v) is 3.77. The smallest absolute Gasteiger partial charge is 0.123 e. The lowest BCUT2D eigenvalue weighted by molar-refractivity contribution is 0.563. The molecule has 0 aromatic heterocycles. The third-order valence-electron chi connectivity index (χ3n) is 2.09. The molecule has 0 amide bonds. The van der Waals surface area contributed by atoms with Crippen molar-refractivity contribution in [2.45, 2.75) is 33.2 Å². The Morgan fingerprint density at radius 1 is 1.40 bits per heavy atom. The van der Waals surface area contributed by atoms with Gasteiger partial charge in [-0.25, -0.2) is 4.39 Å². The van der Waals surface area contributed by atoms with E-state index in [2.05, 4.69) is 28.2 Å². The van der Waals surface area contributed by atoms with E-state index < -0.39 is 0 Å². The highest BCUT2D eigenvalue weighted by molar-refractivity contribution is 9.10. The maximum atomic E-state index is 12.9. The van der Waals surface area contributed by atoms with Gasteiger partial charge in [0.15, 0.2) is 0 Å². The van der Waals surface area contributed by atoms with Gasteiger partial charge in [-0.15, -0.1) is 0 Å². The Balaban J connectivity index is 0.000000921. The number of rotatable bonds is 3. The van der Waals surface area contributed by atoms with Gasteiger partial charge in [-0.3, -0.25) is 0 Å². The fraction of sp³-hybridized carbons (Fsp3) is 0.500. The van der Waals surface area contributed by atoms with Crippen molar-refractivity contribution in [3.05, 3.63) is 34.1 Å². The summed E-state index contributed by atoms with van der Waals surface area (Å²) in [5.74, 6) is -0.188.